The molecule has 1 saturated heterocycles. The lowest BCUT2D eigenvalue weighted by Crippen LogP contribution is -2.36. The SMILES string of the molecule is CC(=O)N(CCC#N)CC1CCCO1.CC(C)C. The number of carbonyl (C=O) groups excluding carboxylic acids is 1. The highest BCUT2D eigenvalue weighted by atomic mass is 16.5. The van der Waals surface area contributed by atoms with Crippen molar-refractivity contribution in [2.45, 2.75) is 53.1 Å². The summed E-state index contributed by atoms with van der Waals surface area (Å²) in [5.74, 6) is 0.857. The van der Waals surface area contributed by atoms with E-state index in [4.69, 9.17) is 10.00 Å². The summed E-state index contributed by atoms with van der Waals surface area (Å²) in [5.41, 5.74) is 0. The molecular weight excluding hydrogens is 228 g/mol. The van der Waals surface area contributed by atoms with Crippen molar-refractivity contribution >= 4 is 5.91 Å². The Bertz CT molecular complexity index is 263. The van der Waals surface area contributed by atoms with E-state index in [1.165, 1.54) is 6.92 Å². The van der Waals surface area contributed by atoms with Crippen molar-refractivity contribution in [3.05, 3.63) is 0 Å². The van der Waals surface area contributed by atoms with Gasteiger partial charge in [-0.1, -0.05) is 20.8 Å². The first-order chi connectivity index (χ1) is 8.47. The Labute approximate surface area is 111 Å². The van der Waals surface area contributed by atoms with Crippen molar-refractivity contribution in [1.82, 2.24) is 4.90 Å². The van der Waals surface area contributed by atoms with Gasteiger partial charge in [-0.15, -0.1) is 0 Å². The van der Waals surface area contributed by atoms with E-state index >= 15 is 0 Å². The predicted octanol–water partition coefficient (Wildman–Crippen LogP) is 2.59. The molecule has 0 aromatic rings. The van der Waals surface area contributed by atoms with Gasteiger partial charge in [-0.05, 0) is 18.8 Å². The highest BCUT2D eigenvalue weighted by Gasteiger charge is 2.20. The number of hydrogen-bond acceptors (Lipinski definition) is 3. The van der Waals surface area contributed by atoms with Gasteiger partial charge in [0.05, 0.1) is 18.6 Å². The lowest BCUT2D eigenvalue weighted by Gasteiger charge is -2.22. The van der Waals surface area contributed by atoms with Crippen molar-refractivity contribution in [3.8, 4) is 6.07 Å². The van der Waals surface area contributed by atoms with Crippen LogP contribution in [0.1, 0.15) is 47.0 Å². The monoisotopic (exact) mass is 254 g/mol. The van der Waals surface area contributed by atoms with Gasteiger partial charge in [0.1, 0.15) is 0 Å². The average Bonchev–Trinajstić information content (AvgIpc) is 2.75. The number of amides is 1. The normalized spacial score (nSPS) is 17.9. The maximum atomic E-state index is 11.2. The lowest BCUT2D eigenvalue weighted by molar-refractivity contribution is -0.130. The van der Waals surface area contributed by atoms with Crippen LogP contribution in [-0.4, -0.2) is 36.6 Å². The topological polar surface area (TPSA) is 53.3 Å². The molecule has 18 heavy (non-hydrogen) atoms. The average molecular weight is 254 g/mol. The third kappa shape index (κ3) is 9.00. The van der Waals surface area contributed by atoms with Crippen molar-refractivity contribution in [3.63, 3.8) is 0 Å². The second-order valence-corrected chi connectivity index (χ2v) is 5.24. The van der Waals surface area contributed by atoms with E-state index in [9.17, 15) is 4.79 Å². The van der Waals surface area contributed by atoms with E-state index in [-0.39, 0.29) is 12.0 Å². The summed E-state index contributed by atoms with van der Waals surface area (Å²) in [6.45, 7) is 9.99. The molecule has 1 aliphatic rings. The molecule has 104 valence electrons. The van der Waals surface area contributed by atoms with Crippen molar-refractivity contribution < 1.29 is 9.53 Å². The molecule has 0 aliphatic carbocycles. The summed E-state index contributed by atoms with van der Waals surface area (Å²) in [7, 11) is 0. The van der Waals surface area contributed by atoms with E-state index in [2.05, 4.69) is 20.8 Å². The van der Waals surface area contributed by atoms with Crippen LogP contribution >= 0.6 is 0 Å². The van der Waals surface area contributed by atoms with Gasteiger partial charge in [0, 0.05) is 26.6 Å². The molecule has 1 aliphatic heterocycles. The van der Waals surface area contributed by atoms with Crippen LogP contribution in [0.4, 0.5) is 0 Å². The van der Waals surface area contributed by atoms with Gasteiger partial charge in [0.25, 0.3) is 0 Å². The molecule has 0 saturated carbocycles. The maximum absolute atomic E-state index is 11.2. The third-order valence-corrected chi connectivity index (χ3v) is 2.39. The highest BCUT2D eigenvalue weighted by Crippen LogP contribution is 2.13. The number of hydrogen-bond donors (Lipinski definition) is 0. The van der Waals surface area contributed by atoms with Gasteiger partial charge in [-0.25, -0.2) is 0 Å². The first-order valence-electron chi connectivity index (χ1n) is 6.71. The molecule has 4 heteroatoms. The summed E-state index contributed by atoms with van der Waals surface area (Å²) < 4.78 is 5.44. The van der Waals surface area contributed by atoms with Crippen LogP contribution in [0.25, 0.3) is 0 Å². The minimum Gasteiger partial charge on any atom is -0.376 e. The molecule has 0 aromatic heterocycles. The molecule has 0 N–H and O–H groups in total. The number of nitrogens with zero attached hydrogens (tertiary/aromatic N) is 2. The molecule has 1 rings (SSSR count). The van der Waals surface area contributed by atoms with Crippen molar-refractivity contribution in [1.29, 1.82) is 5.26 Å². The Morgan fingerprint density at radius 3 is 2.50 bits per heavy atom. The van der Waals surface area contributed by atoms with Crippen molar-refractivity contribution in [2.75, 3.05) is 19.7 Å². The Hall–Kier alpha value is -1.08. The van der Waals surface area contributed by atoms with Crippen LogP contribution in [-0.2, 0) is 9.53 Å². The van der Waals surface area contributed by atoms with Crippen molar-refractivity contribution in [2.24, 2.45) is 5.92 Å². The van der Waals surface area contributed by atoms with Gasteiger partial charge in [-0.3, -0.25) is 4.79 Å². The van der Waals surface area contributed by atoms with E-state index < -0.39 is 0 Å². The fourth-order valence-electron chi connectivity index (χ4n) is 1.60. The second kappa shape index (κ2) is 9.90. The predicted molar refractivity (Wildman–Crippen MR) is 72.0 cm³/mol. The smallest absolute Gasteiger partial charge is 0.219 e. The molecule has 0 aromatic carbocycles. The molecule has 4 nitrogen and oxygen atoms in total. The third-order valence-electron chi connectivity index (χ3n) is 2.39. The van der Waals surface area contributed by atoms with E-state index in [1.807, 2.05) is 6.07 Å². The first-order valence-corrected chi connectivity index (χ1v) is 6.71. The molecule has 1 unspecified atom stereocenters. The van der Waals surface area contributed by atoms with Crippen LogP contribution < -0.4 is 0 Å². The Kier molecular flexibility index (Phi) is 9.31. The number of carbonyl (C=O) groups is 1. The van der Waals surface area contributed by atoms with E-state index in [1.54, 1.807) is 4.90 Å². The van der Waals surface area contributed by atoms with Gasteiger partial charge in [-0.2, -0.15) is 5.26 Å². The zero-order chi connectivity index (χ0) is 14.0. The number of rotatable bonds is 4. The number of ether oxygens (including phenoxy) is 1. The first kappa shape index (κ1) is 16.9. The summed E-state index contributed by atoms with van der Waals surface area (Å²) in [5, 5.41) is 8.44. The van der Waals surface area contributed by atoms with Gasteiger partial charge in [0.2, 0.25) is 5.91 Å². The fraction of sp³-hybridized carbons (Fsp3) is 0.857. The summed E-state index contributed by atoms with van der Waals surface area (Å²) in [6, 6.07) is 2.04. The largest absolute Gasteiger partial charge is 0.376 e. The molecule has 0 bridgehead atoms. The molecule has 1 heterocycles. The van der Waals surface area contributed by atoms with Crippen LogP contribution in [0.5, 0.6) is 0 Å². The van der Waals surface area contributed by atoms with E-state index in [0.29, 0.717) is 19.5 Å². The maximum Gasteiger partial charge on any atom is 0.219 e. The molecule has 1 amide bonds. The molecule has 1 atom stereocenters. The second-order valence-electron chi connectivity index (χ2n) is 5.24. The Morgan fingerprint density at radius 1 is 1.50 bits per heavy atom. The Morgan fingerprint density at radius 2 is 2.11 bits per heavy atom. The zero-order valence-electron chi connectivity index (χ0n) is 12.1. The molecule has 1 fully saturated rings. The van der Waals surface area contributed by atoms with Gasteiger partial charge >= 0.3 is 0 Å². The highest BCUT2D eigenvalue weighted by molar-refractivity contribution is 5.73. The quantitative estimate of drug-likeness (QED) is 0.775. The molecular formula is C14H26N2O2. The van der Waals surface area contributed by atoms with E-state index in [0.717, 1.165) is 25.4 Å². The number of nitriles is 1. The molecule has 0 radical (unpaired) electrons. The summed E-state index contributed by atoms with van der Waals surface area (Å²) in [4.78, 5) is 12.9. The van der Waals surface area contributed by atoms with Crippen LogP contribution in [0.15, 0.2) is 0 Å². The minimum absolute atomic E-state index is 0.0238. The van der Waals surface area contributed by atoms with Crippen LogP contribution in [0.2, 0.25) is 0 Å². The standard InChI is InChI=1S/C10H16N2O2.C4H10/c1-9(13)12(6-3-5-11)8-10-4-2-7-14-10;1-4(2)3/h10H,2-4,6-8H2,1H3;4H,1-3H3. The van der Waals surface area contributed by atoms with Crippen LogP contribution in [0, 0.1) is 17.2 Å². The fourth-order valence-corrected chi connectivity index (χ4v) is 1.60. The minimum atomic E-state index is 0.0238. The summed E-state index contributed by atoms with van der Waals surface area (Å²) >= 11 is 0. The van der Waals surface area contributed by atoms with Gasteiger partial charge in [0.15, 0.2) is 0 Å². The van der Waals surface area contributed by atoms with Gasteiger partial charge < -0.3 is 9.64 Å². The summed E-state index contributed by atoms with van der Waals surface area (Å²) in [6.07, 6.45) is 2.68. The molecule has 0 spiro atoms. The lowest BCUT2D eigenvalue weighted by atomic mass is 10.2. The zero-order valence-corrected chi connectivity index (χ0v) is 12.1. The van der Waals surface area contributed by atoms with Crippen LogP contribution in [0.3, 0.4) is 0 Å². The Balaban J connectivity index is 0.000000631.